The molecule has 4 rings (SSSR count). The Bertz CT molecular complexity index is 1930. The molecule has 2 aliphatic heterocycles. The number of rotatable bonds is 19. The Morgan fingerprint density at radius 2 is 1.76 bits per heavy atom. The molecule has 3 aliphatic rings. The van der Waals surface area contributed by atoms with Gasteiger partial charge in [0.05, 0.1) is 12.2 Å². The van der Waals surface area contributed by atoms with Gasteiger partial charge in [-0.2, -0.15) is 8.42 Å². The summed E-state index contributed by atoms with van der Waals surface area (Å²) in [6.07, 6.45) is 6.08. The molecule has 1 saturated heterocycles. The first-order valence-electron chi connectivity index (χ1n) is 19.9. The zero-order chi connectivity index (χ0) is 43.9. The topological polar surface area (TPSA) is 210 Å². The molecule has 59 heavy (non-hydrogen) atoms. The molecule has 0 bridgehead atoms. The molecule has 1 saturated carbocycles. The van der Waals surface area contributed by atoms with Crippen molar-refractivity contribution in [2.75, 3.05) is 19.8 Å². The summed E-state index contributed by atoms with van der Waals surface area (Å²) in [7, 11) is -4.46. The van der Waals surface area contributed by atoms with Gasteiger partial charge in [-0.25, -0.2) is 13.7 Å². The van der Waals surface area contributed by atoms with Gasteiger partial charge < -0.3 is 35.0 Å². The zero-order valence-corrected chi connectivity index (χ0v) is 36.2. The first-order chi connectivity index (χ1) is 27.4. The van der Waals surface area contributed by atoms with Crippen LogP contribution >= 0.6 is 0 Å². The molecule has 3 unspecified atom stereocenters. The van der Waals surface area contributed by atoms with E-state index in [-0.39, 0.29) is 37.7 Å². The summed E-state index contributed by atoms with van der Waals surface area (Å²) < 4.78 is 43.6. The number of alkyl carbamates (subject to hydrolysis) is 1. The second-order valence-electron chi connectivity index (χ2n) is 17.7. The normalized spacial score (nSPS) is 18.4. The number of hydrogen-bond donors (Lipinski definition) is 4. The number of nitrogens with one attached hydrogen (secondary N) is 3. The third-order valence-corrected chi connectivity index (χ3v) is 11.2. The minimum absolute atomic E-state index is 0.0140. The van der Waals surface area contributed by atoms with E-state index in [0.717, 1.165) is 16.7 Å². The summed E-state index contributed by atoms with van der Waals surface area (Å²) in [6, 6.07) is 2.06. The van der Waals surface area contributed by atoms with Crippen molar-refractivity contribution in [2.45, 2.75) is 136 Å². The smallest absolute Gasteiger partial charge is 0.408 e. The van der Waals surface area contributed by atoms with Gasteiger partial charge in [-0.3, -0.25) is 19.2 Å². The van der Waals surface area contributed by atoms with E-state index in [9.17, 15) is 37.5 Å². The van der Waals surface area contributed by atoms with Crippen LogP contribution in [-0.2, 0) is 56.2 Å². The van der Waals surface area contributed by atoms with E-state index in [1.807, 2.05) is 48.9 Å². The standard InChI is InChI=1S/C42H61N5O11S/c1-27(2)22-32(36(50)45-59(54,55)58-42(9)19-20-42)43-37(51)33-17-13-21-47(33)38(52)35(28(3)57-40(4,5)6)44-39(53)56-26-41(7,8)18-11-10-14-29-15-12-16-30-23-46(24-31(29)30)34(49)25-48/h10,12,14-16,32-33,35,48H,1,3,11,13,17-26H2,2,4-9H3,(H,43,51)(H,44,53)(H,45,50). The van der Waals surface area contributed by atoms with Crippen molar-refractivity contribution >= 4 is 46.1 Å². The summed E-state index contributed by atoms with van der Waals surface area (Å²) in [5.74, 6) is -2.77. The Balaban J connectivity index is 1.38. The van der Waals surface area contributed by atoms with Crippen molar-refractivity contribution in [3.8, 4) is 0 Å². The Hall–Kier alpha value is -4.74. The lowest BCUT2D eigenvalue weighted by Crippen LogP contribution is -2.57. The predicted octanol–water partition coefficient (Wildman–Crippen LogP) is 4.14. The van der Waals surface area contributed by atoms with E-state index in [2.05, 4.69) is 23.8 Å². The van der Waals surface area contributed by atoms with Gasteiger partial charge in [-0.1, -0.05) is 56.4 Å². The number of aliphatic hydroxyl groups is 1. The molecular formula is C42H61N5O11S. The molecule has 0 radical (unpaired) electrons. The number of hydrogen-bond acceptors (Lipinski definition) is 11. The molecule has 16 nitrogen and oxygen atoms in total. The molecule has 326 valence electrons. The van der Waals surface area contributed by atoms with Crippen LogP contribution in [0.2, 0.25) is 0 Å². The maximum absolute atomic E-state index is 14.2. The van der Waals surface area contributed by atoms with Gasteiger partial charge in [-0.05, 0) is 102 Å². The lowest BCUT2D eigenvalue weighted by molar-refractivity contribution is -0.141. The summed E-state index contributed by atoms with van der Waals surface area (Å²) in [5, 5.41) is 14.5. The van der Waals surface area contributed by atoms with Gasteiger partial charge >= 0.3 is 16.4 Å². The monoisotopic (exact) mass is 843 g/mol. The van der Waals surface area contributed by atoms with Crippen LogP contribution in [0.1, 0.15) is 110 Å². The van der Waals surface area contributed by atoms with Gasteiger partial charge in [0.2, 0.25) is 11.8 Å². The average Bonchev–Trinajstić information content (AvgIpc) is 3.48. The molecule has 3 atom stereocenters. The minimum atomic E-state index is -4.46. The molecule has 2 heterocycles. The number of carbonyl (C=O) groups is 5. The third-order valence-electron chi connectivity index (χ3n) is 10.2. The average molecular weight is 844 g/mol. The van der Waals surface area contributed by atoms with Crippen LogP contribution in [0.5, 0.6) is 0 Å². The molecule has 1 aromatic carbocycles. The van der Waals surface area contributed by atoms with Crippen LogP contribution in [0, 0.1) is 5.41 Å². The predicted molar refractivity (Wildman–Crippen MR) is 220 cm³/mol. The number of nitrogens with zero attached hydrogens (tertiary/aromatic N) is 2. The van der Waals surface area contributed by atoms with E-state index in [0.29, 0.717) is 50.8 Å². The number of benzene rings is 1. The molecular weight excluding hydrogens is 783 g/mol. The number of fused-ring (bicyclic) bond motifs is 1. The first kappa shape index (κ1) is 46.9. The van der Waals surface area contributed by atoms with Crippen molar-refractivity contribution in [2.24, 2.45) is 5.41 Å². The Morgan fingerprint density at radius 3 is 2.39 bits per heavy atom. The molecule has 17 heteroatoms. The summed E-state index contributed by atoms with van der Waals surface area (Å²) >= 11 is 0. The molecule has 5 amide bonds. The number of allylic oxidation sites excluding steroid dienone is 1. The Kier molecular flexibility index (Phi) is 15.2. The number of amides is 5. The van der Waals surface area contributed by atoms with Crippen molar-refractivity contribution in [3.63, 3.8) is 0 Å². The fourth-order valence-corrected chi connectivity index (χ4v) is 7.95. The van der Waals surface area contributed by atoms with Gasteiger partial charge in [0.1, 0.15) is 30.1 Å². The van der Waals surface area contributed by atoms with Gasteiger partial charge in [-0.15, -0.1) is 6.58 Å². The van der Waals surface area contributed by atoms with E-state index in [4.69, 9.17) is 13.7 Å². The number of aliphatic hydroxyl groups excluding tert-OH is 1. The number of ether oxygens (including phenoxy) is 2. The second kappa shape index (κ2) is 19.1. The summed E-state index contributed by atoms with van der Waals surface area (Å²) in [6.45, 7) is 20.6. The second-order valence-corrected chi connectivity index (χ2v) is 19.0. The van der Waals surface area contributed by atoms with Crippen LogP contribution in [0.15, 0.2) is 48.8 Å². The molecule has 1 aliphatic carbocycles. The quantitative estimate of drug-likeness (QED) is 0.115. The molecule has 0 spiro atoms. The summed E-state index contributed by atoms with van der Waals surface area (Å²) in [5.41, 5.74) is 1.44. The van der Waals surface area contributed by atoms with E-state index in [1.54, 1.807) is 39.5 Å². The van der Waals surface area contributed by atoms with E-state index >= 15 is 0 Å². The largest absolute Gasteiger partial charge is 0.490 e. The minimum Gasteiger partial charge on any atom is -0.490 e. The van der Waals surface area contributed by atoms with Crippen molar-refractivity contribution in [1.82, 2.24) is 25.2 Å². The zero-order valence-electron chi connectivity index (χ0n) is 35.4. The van der Waals surface area contributed by atoms with Crippen molar-refractivity contribution < 1.29 is 51.2 Å². The maximum Gasteiger partial charge on any atom is 0.408 e. The first-order valence-corrected chi connectivity index (χ1v) is 21.3. The number of carbonyl (C=O) groups excluding carboxylic acids is 5. The molecule has 0 aromatic heterocycles. The van der Waals surface area contributed by atoms with Crippen LogP contribution < -0.4 is 15.4 Å². The van der Waals surface area contributed by atoms with Crippen molar-refractivity contribution in [3.05, 3.63) is 65.5 Å². The van der Waals surface area contributed by atoms with Crippen molar-refractivity contribution in [1.29, 1.82) is 0 Å². The van der Waals surface area contributed by atoms with Crippen LogP contribution in [0.25, 0.3) is 6.08 Å². The fourth-order valence-electron chi connectivity index (χ4n) is 6.82. The van der Waals surface area contributed by atoms with E-state index < -0.39 is 75.5 Å². The van der Waals surface area contributed by atoms with Crippen LogP contribution in [0.4, 0.5) is 4.79 Å². The lowest BCUT2D eigenvalue weighted by Gasteiger charge is -2.32. The molecule has 4 N–H and O–H groups in total. The van der Waals surface area contributed by atoms with Gasteiger partial charge in [0.15, 0.2) is 6.04 Å². The highest BCUT2D eigenvalue weighted by molar-refractivity contribution is 7.85. The Morgan fingerprint density at radius 1 is 1.07 bits per heavy atom. The van der Waals surface area contributed by atoms with E-state index in [1.165, 1.54) is 4.90 Å². The van der Waals surface area contributed by atoms with Gasteiger partial charge in [0, 0.05) is 19.6 Å². The van der Waals surface area contributed by atoms with Crippen LogP contribution in [0.3, 0.4) is 0 Å². The highest BCUT2D eigenvalue weighted by atomic mass is 32.2. The SMILES string of the molecule is C=C(C)CC(NC(=O)C1CCCN1C(=O)C(NC(=O)OCC(C)(C)CCC=Cc1cccc2c1CN(C(=O)CO)C2)C(=C)OC(C)(C)C)C(=O)NS(=O)(=O)OC1(C)CC1. The summed E-state index contributed by atoms with van der Waals surface area (Å²) in [4.78, 5) is 69.3. The highest BCUT2D eigenvalue weighted by Gasteiger charge is 2.45. The van der Waals surface area contributed by atoms with Crippen LogP contribution in [-0.4, -0.2) is 102 Å². The molecule has 2 fully saturated rings. The Labute approximate surface area is 348 Å². The molecule has 1 aromatic rings. The third kappa shape index (κ3) is 13.9. The fraction of sp³-hybridized carbons (Fsp3) is 0.595. The maximum atomic E-state index is 14.2. The highest BCUT2D eigenvalue weighted by Crippen LogP contribution is 2.39. The van der Waals surface area contributed by atoms with Gasteiger partial charge in [0.25, 0.3) is 11.8 Å². The number of likely N-dealkylation sites (tertiary alicyclic amines) is 1. The lowest BCUT2D eigenvalue weighted by atomic mass is 9.88.